The molecule has 0 aliphatic heterocycles. The summed E-state index contributed by atoms with van der Waals surface area (Å²) in [7, 11) is 0. The standard InChI is InChI=1S/C19H21N3O2/c1-11-8-15(9-13(3)18(24)22-19(20)21)17(10-12(11)2)14-4-6-16(23)7-5-14/h4-10,23H,1-3H3,(H4,20,21,22,24)/b13-9+. The molecule has 0 unspecified atom stereocenters. The first-order valence-electron chi connectivity index (χ1n) is 7.52. The molecule has 0 bridgehead atoms. The van der Waals surface area contributed by atoms with Crippen molar-refractivity contribution in [1.82, 2.24) is 5.32 Å². The number of aromatic hydroxyl groups is 1. The Labute approximate surface area is 141 Å². The van der Waals surface area contributed by atoms with Gasteiger partial charge in [-0.15, -0.1) is 0 Å². The fourth-order valence-electron chi connectivity index (χ4n) is 2.37. The number of hydrogen-bond donors (Lipinski definition) is 4. The molecule has 0 heterocycles. The fraction of sp³-hybridized carbons (Fsp3) is 0.158. The van der Waals surface area contributed by atoms with Gasteiger partial charge in [0.15, 0.2) is 5.96 Å². The van der Waals surface area contributed by atoms with Crippen molar-refractivity contribution >= 4 is 17.9 Å². The average molecular weight is 323 g/mol. The molecule has 5 nitrogen and oxygen atoms in total. The van der Waals surface area contributed by atoms with Gasteiger partial charge in [-0.25, -0.2) is 0 Å². The summed E-state index contributed by atoms with van der Waals surface area (Å²) in [6, 6.07) is 11.0. The van der Waals surface area contributed by atoms with E-state index in [2.05, 4.69) is 11.4 Å². The van der Waals surface area contributed by atoms with Gasteiger partial charge in [-0.05, 0) is 66.8 Å². The molecule has 0 saturated heterocycles. The summed E-state index contributed by atoms with van der Waals surface area (Å²) in [4.78, 5) is 12.0. The Morgan fingerprint density at radius 2 is 1.75 bits per heavy atom. The Morgan fingerprint density at radius 1 is 1.17 bits per heavy atom. The van der Waals surface area contributed by atoms with Crippen molar-refractivity contribution in [3.8, 4) is 16.9 Å². The van der Waals surface area contributed by atoms with Gasteiger partial charge in [-0.3, -0.25) is 15.5 Å². The zero-order valence-corrected chi connectivity index (χ0v) is 14.0. The van der Waals surface area contributed by atoms with Crippen LogP contribution in [-0.2, 0) is 4.79 Å². The van der Waals surface area contributed by atoms with Gasteiger partial charge < -0.3 is 10.8 Å². The Bertz CT molecular complexity index is 821. The van der Waals surface area contributed by atoms with E-state index in [1.165, 1.54) is 0 Å². The lowest BCUT2D eigenvalue weighted by molar-refractivity contribution is -0.116. The largest absolute Gasteiger partial charge is 0.508 e. The summed E-state index contributed by atoms with van der Waals surface area (Å²) in [5.74, 6) is -0.583. The molecule has 0 radical (unpaired) electrons. The zero-order chi connectivity index (χ0) is 17.9. The summed E-state index contributed by atoms with van der Waals surface area (Å²) in [5.41, 5.74) is 10.7. The number of guanidine groups is 1. The summed E-state index contributed by atoms with van der Waals surface area (Å²) in [6.45, 7) is 5.72. The molecule has 0 spiro atoms. The highest BCUT2D eigenvalue weighted by molar-refractivity contribution is 6.06. The van der Waals surface area contributed by atoms with Crippen molar-refractivity contribution in [1.29, 1.82) is 5.41 Å². The molecule has 2 aromatic rings. The van der Waals surface area contributed by atoms with E-state index < -0.39 is 5.91 Å². The van der Waals surface area contributed by atoms with E-state index in [0.29, 0.717) is 5.57 Å². The van der Waals surface area contributed by atoms with E-state index in [9.17, 15) is 9.90 Å². The Kier molecular flexibility index (Phi) is 5.04. The zero-order valence-electron chi connectivity index (χ0n) is 14.0. The summed E-state index contributed by atoms with van der Waals surface area (Å²) >= 11 is 0. The third-order valence-corrected chi connectivity index (χ3v) is 3.82. The Hall–Kier alpha value is -3.08. The van der Waals surface area contributed by atoms with Crippen molar-refractivity contribution in [3.05, 3.63) is 58.7 Å². The lowest BCUT2D eigenvalue weighted by Gasteiger charge is -2.12. The first kappa shape index (κ1) is 17.3. The molecule has 124 valence electrons. The van der Waals surface area contributed by atoms with Gasteiger partial charge in [0.1, 0.15) is 5.75 Å². The molecular formula is C19H21N3O2. The van der Waals surface area contributed by atoms with Gasteiger partial charge >= 0.3 is 0 Å². The number of amides is 1. The van der Waals surface area contributed by atoms with Crippen molar-refractivity contribution in [2.24, 2.45) is 5.73 Å². The van der Waals surface area contributed by atoms with E-state index in [1.807, 2.05) is 32.0 Å². The highest BCUT2D eigenvalue weighted by atomic mass is 16.3. The second kappa shape index (κ2) is 7.00. The van der Waals surface area contributed by atoms with Crippen molar-refractivity contribution in [2.45, 2.75) is 20.8 Å². The first-order valence-corrected chi connectivity index (χ1v) is 7.52. The van der Waals surface area contributed by atoms with Crippen LogP contribution in [0.3, 0.4) is 0 Å². The van der Waals surface area contributed by atoms with E-state index in [1.54, 1.807) is 25.1 Å². The number of phenolic OH excluding ortho intramolecular Hbond substituents is 1. The van der Waals surface area contributed by atoms with Gasteiger partial charge in [0.05, 0.1) is 0 Å². The van der Waals surface area contributed by atoms with Crippen LogP contribution in [0, 0.1) is 19.3 Å². The molecule has 0 aliphatic rings. The van der Waals surface area contributed by atoms with E-state index in [-0.39, 0.29) is 11.7 Å². The van der Waals surface area contributed by atoms with Crippen LogP contribution in [0.2, 0.25) is 0 Å². The molecule has 0 atom stereocenters. The molecule has 0 fully saturated rings. The maximum atomic E-state index is 12.0. The highest BCUT2D eigenvalue weighted by Crippen LogP contribution is 2.29. The topological polar surface area (TPSA) is 99.2 Å². The maximum Gasteiger partial charge on any atom is 0.253 e. The molecule has 24 heavy (non-hydrogen) atoms. The third-order valence-electron chi connectivity index (χ3n) is 3.82. The van der Waals surface area contributed by atoms with Crippen LogP contribution in [0.15, 0.2) is 42.0 Å². The minimum absolute atomic E-state index is 0.205. The second-order valence-corrected chi connectivity index (χ2v) is 5.77. The SMILES string of the molecule is C/C(=C\c1cc(C)c(C)cc1-c1ccc(O)cc1)C(=O)NC(=N)N. The molecular weight excluding hydrogens is 302 g/mol. The number of carbonyl (C=O) groups is 1. The van der Waals surface area contributed by atoms with E-state index in [0.717, 1.165) is 27.8 Å². The molecule has 5 N–H and O–H groups in total. The average Bonchev–Trinajstić information content (AvgIpc) is 2.51. The number of hydrogen-bond acceptors (Lipinski definition) is 3. The number of nitrogens with one attached hydrogen (secondary N) is 2. The minimum atomic E-state index is -0.405. The van der Waals surface area contributed by atoms with Crippen molar-refractivity contribution in [2.75, 3.05) is 0 Å². The fourth-order valence-corrected chi connectivity index (χ4v) is 2.37. The number of nitrogens with two attached hydrogens (primary N) is 1. The highest BCUT2D eigenvalue weighted by Gasteiger charge is 2.10. The molecule has 0 saturated carbocycles. The molecule has 2 aromatic carbocycles. The van der Waals surface area contributed by atoms with Gasteiger partial charge in [0.2, 0.25) is 0 Å². The normalized spacial score (nSPS) is 11.2. The van der Waals surface area contributed by atoms with Gasteiger partial charge in [0, 0.05) is 5.57 Å². The molecule has 0 aromatic heterocycles. The molecule has 2 rings (SSSR count). The molecule has 0 aliphatic carbocycles. The first-order chi connectivity index (χ1) is 11.3. The monoisotopic (exact) mass is 323 g/mol. The lowest BCUT2D eigenvalue weighted by Crippen LogP contribution is -2.36. The number of carbonyl (C=O) groups excluding carboxylic acids is 1. The van der Waals surface area contributed by atoms with Crippen molar-refractivity contribution < 1.29 is 9.90 Å². The van der Waals surface area contributed by atoms with E-state index >= 15 is 0 Å². The minimum Gasteiger partial charge on any atom is -0.508 e. The van der Waals surface area contributed by atoms with Gasteiger partial charge in [0.25, 0.3) is 5.91 Å². The van der Waals surface area contributed by atoms with Crippen LogP contribution >= 0.6 is 0 Å². The second-order valence-electron chi connectivity index (χ2n) is 5.77. The van der Waals surface area contributed by atoms with Crippen LogP contribution in [-0.4, -0.2) is 17.0 Å². The molecule has 5 heteroatoms. The smallest absolute Gasteiger partial charge is 0.253 e. The predicted octanol–water partition coefficient (Wildman–Crippen LogP) is 3.09. The number of phenols is 1. The predicted molar refractivity (Wildman–Crippen MR) is 96.7 cm³/mol. The van der Waals surface area contributed by atoms with Crippen LogP contribution in [0.25, 0.3) is 17.2 Å². The maximum absolute atomic E-state index is 12.0. The number of rotatable bonds is 3. The number of aryl methyl sites for hydroxylation is 2. The Balaban J connectivity index is 2.52. The summed E-state index contributed by atoms with van der Waals surface area (Å²) in [6.07, 6.45) is 1.77. The van der Waals surface area contributed by atoms with Crippen LogP contribution in [0.4, 0.5) is 0 Å². The van der Waals surface area contributed by atoms with Crippen LogP contribution in [0.1, 0.15) is 23.6 Å². The number of benzene rings is 2. The lowest BCUT2D eigenvalue weighted by atomic mass is 9.93. The summed E-state index contributed by atoms with van der Waals surface area (Å²) in [5, 5.41) is 18.9. The van der Waals surface area contributed by atoms with Gasteiger partial charge in [-0.1, -0.05) is 24.3 Å². The quantitative estimate of drug-likeness (QED) is 0.397. The Morgan fingerprint density at radius 3 is 2.33 bits per heavy atom. The van der Waals surface area contributed by atoms with Crippen LogP contribution < -0.4 is 11.1 Å². The van der Waals surface area contributed by atoms with Crippen molar-refractivity contribution in [3.63, 3.8) is 0 Å². The third kappa shape index (κ3) is 4.01. The summed E-state index contributed by atoms with van der Waals surface area (Å²) < 4.78 is 0. The van der Waals surface area contributed by atoms with Crippen LogP contribution in [0.5, 0.6) is 5.75 Å². The van der Waals surface area contributed by atoms with Gasteiger partial charge in [-0.2, -0.15) is 0 Å². The molecule has 1 amide bonds. The van der Waals surface area contributed by atoms with E-state index in [4.69, 9.17) is 11.1 Å².